The number of aromatic nitrogens is 2. The molecule has 4 aromatic carbocycles. The second-order valence-corrected chi connectivity index (χ2v) is 9.33. The first-order chi connectivity index (χ1) is 19.5. The quantitative estimate of drug-likeness (QED) is 0.198. The normalized spacial score (nSPS) is 11.5. The summed E-state index contributed by atoms with van der Waals surface area (Å²) in [4.78, 5) is 18.3. The number of fused-ring (bicyclic) bond motifs is 2. The molecule has 0 N–H and O–H groups in total. The fraction of sp³-hybridized carbons (Fsp3) is 0.0645. The van der Waals surface area contributed by atoms with Crippen molar-refractivity contribution in [3.63, 3.8) is 0 Å². The van der Waals surface area contributed by atoms with Crippen LogP contribution < -0.4 is 15.0 Å². The Bertz CT molecular complexity index is 1950. The lowest BCUT2D eigenvalue weighted by molar-refractivity contribution is 0.305. The van der Waals surface area contributed by atoms with E-state index in [1.54, 1.807) is 61.7 Å². The highest BCUT2D eigenvalue weighted by atomic mass is 35.5. The lowest BCUT2D eigenvalue weighted by Gasteiger charge is -2.11. The summed E-state index contributed by atoms with van der Waals surface area (Å²) in [5, 5.41) is 6.12. The highest BCUT2D eigenvalue weighted by Crippen LogP contribution is 2.33. The monoisotopic (exact) mass is 553 g/mol. The number of hydrogen-bond acceptors (Lipinski definition) is 6. The van der Waals surface area contributed by atoms with Crippen LogP contribution in [0.5, 0.6) is 11.5 Å². The van der Waals surface area contributed by atoms with Gasteiger partial charge in [-0.15, -0.1) is 0 Å². The molecule has 0 saturated heterocycles. The summed E-state index contributed by atoms with van der Waals surface area (Å²) in [5.74, 6) is 1.35. The molecule has 0 unspecified atom stereocenters. The van der Waals surface area contributed by atoms with Gasteiger partial charge >= 0.3 is 0 Å². The highest BCUT2D eigenvalue weighted by molar-refractivity contribution is 6.30. The van der Waals surface area contributed by atoms with Crippen molar-refractivity contribution >= 4 is 39.7 Å². The molecule has 0 amide bonds. The third-order valence-corrected chi connectivity index (χ3v) is 6.54. The second-order valence-electron chi connectivity index (χ2n) is 8.89. The molecular formula is C31H21ClFN3O4. The number of para-hydroxylation sites is 1. The predicted molar refractivity (Wildman–Crippen MR) is 153 cm³/mol. The Hall–Kier alpha value is -4.95. The van der Waals surface area contributed by atoms with E-state index < -0.39 is 0 Å². The molecule has 198 valence electrons. The van der Waals surface area contributed by atoms with Crippen LogP contribution in [0, 0.1) is 5.82 Å². The first-order valence-corrected chi connectivity index (χ1v) is 12.7. The molecular weight excluding hydrogens is 533 g/mol. The summed E-state index contributed by atoms with van der Waals surface area (Å²) in [6.07, 6.45) is 1.48. The van der Waals surface area contributed by atoms with E-state index in [2.05, 4.69) is 5.10 Å². The van der Waals surface area contributed by atoms with Gasteiger partial charge in [-0.25, -0.2) is 9.37 Å². The Balaban J connectivity index is 1.44. The van der Waals surface area contributed by atoms with Gasteiger partial charge in [0.2, 0.25) is 5.82 Å². The van der Waals surface area contributed by atoms with Crippen molar-refractivity contribution in [1.82, 2.24) is 9.66 Å². The van der Waals surface area contributed by atoms with Crippen molar-refractivity contribution in [3.8, 4) is 23.1 Å². The summed E-state index contributed by atoms with van der Waals surface area (Å²) in [6, 6.07) is 25.4. The van der Waals surface area contributed by atoms with Crippen molar-refractivity contribution in [2.45, 2.75) is 6.61 Å². The molecule has 40 heavy (non-hydrogen) atoms. The molecule has 0 aliphatic rings. The van der Waals surface area contributed by atoms with Crippen molar-refractivity contribution < 1.29 is 18.3 Å². The van der Waals surface area contributed by atoms with E-state index in [4.69, 9.17) is 30.5 Å². The number of hydrogen-bond donors (Lipinski definition) is 0. The standard InChI is InChI=1S/C31H21ClFN3O4/c1-38-27-7-4-8-28-24(27)16-29(40-28)30-35-25-6-3-2-5-23(25)31(37)36(30)34-17-20-15-21(32)11-14-26(20)39-18-19-9-12-22(33)13-10-19/h2-17H,18H2,1H3. The minimum atomic E-state index is -0.375. The van der Waals surface area contributed by atoms with E-state index >= 15 is 0 Å². The van der Waals surface area contributed by atoms with Crippen molar-refractivity contribution in [2.75, 3.05) is 7.11 Å². The van der Waals surface area contributed by atoms with Gasteiger partial charge in [0, 0.05) is 10.6 Å². The third kappa shape index (κ3) is 4.92. The molecule has 0 spiro atoms. The van der Waals surface area contributed by atoms with E-state index in [9.17, 15) is 9.18 Å². The average molecular weight is 554 g/mol. The summed E-state index contributed by atoms with van der Waals surface area (Å²) in [6.45, 7) is 0.201. The Kier molecular flexibility index (Phi) is 6.76. The minimum Gasteiger partial charge on any atom is -0.496 e. The lowest BCUT2D eigenvalue weighted by Crippen LogP contribution is -2.20. The van der Waals surface area contributed by atoms with Crippen LogP contribution in [0.3, 0.4) is 0 Å². The van der Waals surface area contributed by atoms with Gasteiger partial charge in [0.1, 0.15) is 29.5 Å². The Morgan fingerprint density at radius 1 is 0.975 bits per heavy atom. The topological polar surface area (TPSA) is 78.9 Å². The maximum Gasteiger partial charge on any atom is 0.282 e. The number of methoxy groups -OCH3 is 1. The molecule has 0 saturated carbocycles. The smallest absolute Gasteiger partial charge is 0.282 e. The summed E-state index contributed by atoms with van der Waals surface area (Å²) >= 11 is 6.28. The Morgan fingerprint density at radius 3 is 2.62 bits per heavy atom. The van der Waals surface area contributed by atoms with Gasteiger partial charge in [0.25, 0.3) is 5.56 Å². The molecule has 0 radical (unpaired) electrons. The van der Waals surface area contributed by atoms with Gasteiger partial charge in [-0.1, -0.05) is 41.9 Å². The van der Waals surface area contributed by atoms with Crippen LogP contribution in [-0.2, 0) is 6.61 Å². The number of furan rings is 1. The molecule has 0 atom stereocenters. The zero-order valence-electron chi connectivity index (χ0n) is 21.2. The second kappa shape index (κ2) is 10.7. The molecule has 0 aliphatic heterocycles. The van der Waals surface area contributed by atoms with Crippen molar-refractivity contribution in [2.24, 2.45) is 5.10 Å². The number of halogens is 2. The Labute approximate surface area is 232 Å². The number of benzene rings is 4. The first-order valence-electron chi connectivity index (χ1n) is 12.3. The largest absolute Gasteiger partial charge is 0.496 e. The molecule has 7 nitrogen and oxygen atoms in total. The molecule has 9 heteroatoms. The van der Waals surface area contributed by atoms with E-state index in [-0.39, 0.29) is 23.8 Å². The highest BCUT2D eigenvalue weighted by Gasteiger charge is 2.18. The van der Waals surface area contributed by atoms with Gasteiger partial charge in [0.15, 0.2) is 5.76 Å². The lowest BCUT2D eigenvalue weighted by atomic mass is 10.2. The fourth-order valence-electron chi connectivity index (χ4n) is 4.33. The van der Waals surface area contributed by atoms with Crippen LogP contribution in [0.2, 0.25) is 5.02 Å². The molecule has 2 aromatic heterocycles. The van der Waals surface area contributed by atoms with Crippen LogP contribution in [0.25, 0.3) is 33.5 Å². The summed E-state index contributed by atoms with van der Waals surface area (Å²) in [7, 11) is 1.58. The van der Waals surface area contributed by atoms with Crippen molar-refractivity contribution in [1.29, 1.82) is 0 Å². The number of ether oxygens (including phenoxy) is 2. The fourth-order valence-corrected chi connectivity index (χ4v) is 4.51. The minimum absolute atomic E-state index is 0.201. The predicted octanol–water partition coefficient (Wildman–Crippen LogP) is 7.07. The molecule has 0 bridgehead atoms. The maximum absolute atomic E-state index is 13.6. The van der Waals surface area contributed by atoms with Crippen LogP contribution in [0.1, 0.15) is 11.1 Å². The molecule has 0 aliphatic carbocycles. The molecule has 6 rings (SSSR count). The van der Waals surface area contributed by atoms with E-state index in [0.29, 0.717) is 44.3 Å². The number of rotatable bonds is 7. The molecule has 2 heterocycles. The molecule has 6 aromatic rings. The molecule has 0 fully saturated rings. The third-order valence-electron chi connectivity index (χ3n) is 6.31. The van der Waals surface area contributed by atoms with Gasteiger partial charge < -0.3 is 13.9 Å². The van der Waals surface area contributed by atoms with Crippen LogP contribution in [0.15, 0.2) is 105 Å². The van der Waals surface area contributed by atoms with Crippen LogP contribution in [0.4, 0.5) is 4.39 Å². The zero-order valence-corrected chi connectivity index (χ0v) is 21.9. The van der Waals surface area contributed by atoms with E-state index in [0.717, 1.165) is 10.9 Å². The van der Waals surface area contributed by atoms with Crippen LogP contribution in [-0.4, -0.2) is 23.0 Å². The van der Waals surface area contributed by atoms with Gasteiger partial charge in [-0.05, 0) is 66.2 Å². The van der Waals surface area contributed by atoms with Gasteiger partial charge in [0.05, 0.1) is 29.6 Å². The first kappa shape index (κ1) is 25.3. The Morgan fingerprint density at radius 2 is 1.80 bits per heavy atom. The number of nitrogens with zero attached hydrogens (tertiary/aromatic N) is 3. The van der Waals surface area contributed by atoms with Crippen molar-refractivity contribution in [3.05, 3.63) is 123 Å². The maximum atomic E-state index is 13.6. The summed E-state index contributed by atoms with van der Waals surface area (Å²) < 4.78 is 32.0. The van der Waals surface area contributed by atoms with Gasteiger partial charge in [-0.3, -0.25) is 4.79 Å². The van der Waals surface area contributed by atoms with E-state index in [1.807, 2.05) is 24.3 Å². The van der Waals surface area contributed by atoms with Gasteiger partial charge in [-0.2, -0.15) is 9.78 Å². The average Bonchev–Trinajstić information content (AvgIpc) is 3.41. The SMILES string of the molecule is COc1cccc2oc(-c3nc4ccccc4c(=O)n3N=Cc3cc(Cl)ccc3OCc3ccc(F)cc3)cc12. The van der Waals surface area contributed by atoms with Crippen LogP contribution >= 0.6 is 11.6 Å². The zero-order chi connectivity index (χ0) is 27.6. The van der Waals surface area contributed by atoms with E-state index in [1.165, 1.54) is 23.0 Å². The summed E-state index contributed by atoms with van der Waals surface area (Å²) in [5.41, 5.74) is 2.04.